The third kappa shape index (κ3) is 3.84. The molecule has 4 rings (SSSR count). The van der Waals surface area contributed by atoms with Crippen LogP contribution in [0.15, 0.2) is 59.5 Å². The molecule has 154 valence electrons. The first-order valence-corrected chi connectivity index (χ1v) is 11.4. The molecule has 0 aliphatic carbocycles. The summed E-state index contributed by atoms with van der Waals surface area (Å²) in [6, 6.07) is 17.0. The average Bonchev–Trinajstić information content (AvgIpc) is 2.98. The minimum atomic E-state index is -0.0853. The molecule has 1 amide bonds. The largest absolute Gasteiger partial charge is 0.358 e. The number of carbonyl (C=O) groups excluding carboxylic acids is 1. The highest BCUT2D eigenvalue weighted by Crippen LogP contribution is 2.41. The second kappa shape index (κ2) is 8.05. The third-order valence-electron chi connectivity index (χ3n) is 5.67. The van der Waals surface area contributed by atoms with Gasteiger partial charge in [0, 0.05) is 24.3 Å². The van der Waals surface area contributed by atoms with Crippen LogP contribution in [0.3, 0.4) is 0 Å². The summed E-state index contributed by atoms with van der Waals surface area (Å²) in [5.74, 6) is 0.00400. The summed E-state index contributed by atoms with van der Waals surface area (Å²) in [5.41, 5.74) is 5.93. The van der Waals surface area contributed by atoms with Gasteiger partial charge in [-0.05, 0) is 62.6 Å². The van der Waals surface area contributed by atoms with Gasteiger partial charge in [-0.2, -0.15) is 0 Å². The van der Waals surface area contributed by atoms with Gasteiger partial charge >= 0.3 is 0 Å². The smallest absolute Gasteiger partial charge is 0.266 e. The number of thiocarbonyl (C=S) groups is 1. The topological polar surface area (TPSA) is 23.6 Å². The van der Waals surface area contributed by atoms with E-state index in [9.17, 15) is 4.79 Å². The van der Waals surface area contributed by atoms with Gasteiger partial charge in [0.1, 0.15) is 4.32 Å². The van der Waals surface area contributed by atoms with Crippen molar-refractivity contribution in [2.24, 2.45) is 0 Å². The summed E-state index contributed by atoms with van der Waals surface area (Å²) < 4.78 is 0.638. The third-order valence-corrected chi connectivity index (χ3v) is 7.05. The first-order valence-electron chi connectivity index (χ1n) is 10.2. The van der Waals surface area contributed by atoms with E-state index in [4.69, 9.17) is 12.2 Å². The van der Waals surface area contributed by atoms with Crippen LogP contribution in [0.4, 0.5) is 5.69 Å². The number of nitrogens with zero attached hydrogens (tertiary/aromatic N) is 2. The number of likely N-dealkylation sites (N-methyl/N-ethyl adjacent to an activating group) is 1. The van der Waals surface area contributed by atoms with Gasteiger partial charge in [0.05, 0.1) is 10.4 Å². The van der Waals surface area contributed by atoms with Crippen LogP contribution in [0.5, 0.6) is 0 Å². The van der Waals surface area contributed by atoms with Crippen molar-refractivity contribution in [3.05, 3.63) is 76.2 Å². The molecule has 2 aliphatic rings. The Morgan fingerprint density at radius 1 is 1.13 bits per heavy atom. The van der Waals surface area contributed by atoms with E-state index in [-0.39, 0.29) is 11.4 Å². The Morgan fingerprint density at radius 3 is 2.53 bits per heavy atom. The Bertz CT molecular complexity index is 1070. The van der Waals surface area contributed by atoms with Crippen LogP contribution in [0.25, 0.3) is 11.6 Å². The predicted molar refractivity (Wildman–Crippen MR) is 132 cm³/mol. The average molecular weight is 435 g/mol. The molecule has 0 atom stereocenters. The molecule has 0 spiro atoms. The zero-order valence-corrected chi connectivity index (χ0v) is 19.4. The molecule has 0 radical (unpaired) electrons. The summed E-state index contributed by atoms with van der Waals surface area (Å²) >= 11 is 6.73. The Morgan fingerprint density at radius 2 is 1.87 bits per heavy atom. The number of carbonyl (C=O) groups is 1. The van der Waals surface area contributed by atoms with Crippen LogP contribution in [0.1, 0.15) is 44.4 Å². The second-order valence-electron chi connectivity index (χ2n) is 8.26. The molecule has 3 nitrogen and oxygen atoms in total. The molecule has 0 unspecified atom stereocenters. The van der Waals surface area contributed by atoms with Crippen molar-refractivity contribution < 1.29 is 4.79 Å². The first-order chi connectivity index (χ1) is 14.3. The summed E-state index contributed by atoms with van der Waals surface area (Å²) in [4.78, 5) is 17.4. The molecule has 0 saturated carbocycles. The molecule has 2 aliphatic heterocycles. The van der Waals surface area contributed by atoms with E-state index in [1.165, 1.54) is 34.1 Å². The van der Waals surface area contributed by atoms with Crippen molar-refractivity contribution in [3.63, 3.8) is 0 Å². The quantitative estimate of drug-likeness (QED) is 0.428. The zero-order chi connectivity index (χ0) is 21.5. The van der Waals surface area contributed by atoms with Crippen LogP contribution < -0.4 is 4.90 Å². The SMILES string of the molecule is CCN1C(=O)C(=Cc2ccc3c(c2)C(C)=CC(C)(C)N3Cc2ccccc2)SC1=S. The Balaban J connectivity index is 1.71. The molecule has 0 N–H and O–H groups in total. The number of hydrogen-bond donors (Lipinski definition) is 0. The minimum absolute atomic E-state index is 0.00400. The standard InChI is InChI=1S/C25H26N2OS2/c1-5-26-23(28)22(30-24(26)29)14-19-11-12-21-20(13-19)17(2)15-25(3,4)27(21)16-18-9-7-6-8-10-18/h6-15H,5,16H2,1-4H3. The lowest BCUT2D eigenvalue weighted by Gasteiger charge is -2.43. The highest BCUT2D eigenvalue weighted by molar-refractivity contribution is 8.26. The maximum absolute atomic E-state index is 12.6. The number of amides is 1. The molecular formula is C25H26N2OS2. The van der Waals surface area contributed by atoms with Crippen LogP contribution >= 0.6 is 24.0 Å². The lowest BCUT2D eigenvalue weighted by Crippen LogP contribution is -2.44. The molecule has 1 saturated heterocycles. The Hall–Kier alpha value is -2.37. The maximum atomic E-state index is 12.6. The van der Waals surface area contributed by atoms with Gasteiger partial charge in [-0.15, -0.1) is 0 Å². The van der Waals surface area contributed by atoms with Crippen LogP contribution in [0, 0.1) is 0 Å². The maximum Gasteiger partial charge on any atom is 0.266 e. The molecule has 2 heterocycles. The lowest BCUT2D eigenvalue weighted by atomic mass is 9.87. The number of benzene rings is 2. The van der Waals surface area contributed by atoms with E-state index in [2.05, 4.69) is 80.3 Å². The van der Waals surface area contributed by atoms with Crippen molar-refractivity contribution in [2.75, 3.05) is 11.4 Å². The van der Waals surface area contributed by atoms with Crippen molar-refractivity contribution >= 4 is 51.5 Å². The number of allylic oxidation sites excluding steroid dienone is 1. The molecule has 0 bridgehead atoms. The number of thioether (sulfide) groups is 1. The molecule has 30 heavy (non-hydrogen) atoms. The summed E-state index contributed by atoms with van der Waals surface area (Å²) in [6.45, 7) is 10.1. The Labute approximate surface area is 188 Å². The highest BCUT2D eigenvalue weighted by Gasteiger charge is 2.32. The van der Waals surface area contributed by atoms with Gasteiger partial charge in [-0.1, -0.05) is 66.5 Å². The highest BCUT2D eigenvalue weighted by atomic mass is 32.2. The number of anilines is 1. The monoisotopic (exact) mass is 434 g/mol. The molecule has 0 aromatic heterocycles. The van der Waals surface area contributed by atoms with Crippen molar-refractivity contribution in [3.8, 4) is 0 Å². The van der Waals surface area contributed by atoms with Gasteiger partial charge in [0.2, 0.25) is 0 Å². The number of hydrogen-bond acceptors (Lipinski definition) is 4. The van der Waals surface area contributed by atoms with E-state index in [0.29, 0.717) is 15.8 Å². The second-order valence-corrected chi connectivity index (χ2v) is 9.93. The van der Waals surface area contributed by atoms with Crippen molar-refractivity contribution in [1.29, 1.82) is 0 Å². The normalized spacial score (nSPS) is 19.3. The fourth-order valence-electron chi connectivity index (χ4n) is 4.17. The fraction of sp³-hybridized carbons (Fsp3) is 0.280. The van der Waals surface area contributed by atoms with Crippen LogP contribution in [0.2, 0.25) is 0 Å². The first kappa shape index (κ1) is 20.9. The van der Waals surface area contributed by atoms with Gasteiger partial charge in [-0.3, -0.25) is 9.69 Å². The molecule has 1 fully saturated rings. The molecular weight excluding hydrogens is 408 g/mol. The Kier molecular flexibility index (Phi) is 5.60. The molecule has 5 heteroatoms. The summed E-state index contributed by atoms with van der Waals surface area (Å²) in [7, 11) is 0. The lowest BCUT2D eigenvalue weighted by molar-refractivity contribution is -0.121. The summed E-state index contributed by atoms with van der Waals surface area (Å²) in [5, 5.41) is 0. The molecule has 2 aromatic carbocycles. The minimum Gasteiger partial charge on any atom is -0.358 e. The number of fused-ring (bicyclic) bond motifs is 1. The number of rotatable bonds is 4. The predicted octanol–water partition coefficient (Wildman–Crippen LogP) is 6.11. The van der Waals surface area contributed by atoms with E-state index in [1.807, 2.05) is 13.0 Å². The summed E-state index contributed by atoms with van der Waals surface area (Å²) in [6.07, 6.45) is 4.29. The van der Waals surface area contributed by atoms with Crippen LogP contribution in [-0.2, 0) is 11.3 Å². The zero-order valence-electron chi connectivity index (χ0n) is 17.8. The van der Waals surface area contributed by atoms with Crippen molar-refractivity contribution in [1.82, 2.24) is 4.90 Å². The fourth-order valence-corrected chi connectivity index (χ4v) is 5.55. The van der Waals surface area contributed by atoms with Gasteiger partial charge < -0.3 is 4.90 Å². The van der Waals surface area contributed by atoms with Gasteiger partial charge in [0.15, 0.2) is 0 Å². The molecule has 2 aromatic rings. The van der Waals surface area contributed by atoms with E-state index >= 15 is 0 Å². The van der Waals surface area contributed by atoms with E-state index < -0.39 is 0 Å². The van der Waals surface area contributed by atoms with Crippen LogP contribution in [-0.4, -0.2) is 27.2 Å². The van der Waals surface area contributed by atoms with Crippen molar-refractivity contribution in [2.45, 2.75) is 39.8 Å². The van der Waals surface area contributed by atoms with Gasteiger partial charge in [-0.25, -0.2) is 0 Å². The van der Waals surface area contributed by atoms with E-state index in [1.54, 1.807) is 4.90 Å². The van der Waals surface area contributed by atoms with Gasteiger partial charge in [0.25, 0.3) is 5.91 Å². The van der Waals surface area contributed by atoms with E-state index in [0.717, 1.165) is 12.1 Å².